The molecule has 0 heterocycles. The zero-order chi connectivity index (χ0) is 33.7. The fourth-order valence-corrected chi connectivity index (χ4v) is 5.18. The number of rotatable bonds is 22. The van der Waals surface area contributed by atoms with E-state index in [1.54, 1.807) is 12.1 Å². The van der Waals surface area contributed by atoms with Crippen LogP contribution in [0, 0.1) is 0 Å². The molecular weight excluding hydrogens is 592 g/mol. The minimum atomic E-state index is -0.969. The van der Waals surface area contributed by atoms with Gasteiger partial charge in [0.2, 0.25) is 23.6 Å². The van der Waals surface area contributed by atoms with E-state index in [9.17, 15) is 19.2 Å². The Morgan fingerprint density at radius 3 is 1.74 bits per heavy atom. The van der Waals surface area contributed by atoms with Gasteiger partial charge in [0.25, 0.3) is 0 Å². The van der Waals surface area contributed by atoms with Gasteiger partial charge in [-0.1, -0.05) is 113 Å². The minimum Gasteiger partial charge on any atom is -0.494 e. The molecule has 47 heavy (non-hydrogen) atoms. The van der Waals surface area contributed by atoms with Crippen molar-refractivity contribution in [2.75, 3.05) is 11.9 Å². The van der Waals surface area contributed by atoms with Crippen LogP contribution in [0.4, 0.5) is 5.69 Å². The molecule has 3 aromatic carbocycles. The number of carbonyl (C=O) groups is 4. The van der Waals surface area contributed by atoms with Crippen LogP contribution in [0.1, 0.15) is 82.3 Å². The highest BCUT2D eigenvalue weighted by atomic mass is 16.5. The lowest BCUT2D eigenvalue weighted by atomic mass is 10.0. The standard InChI is InChI=1S/C38H50N4O5/c1-2-3-4-5-6-7-8-15-26-47-32-22-20-31(21-23-32)40-35(43)24-25-36(44)41-34(28-30-18-13-10-14-19-30)38(46)42-33(37(39)45)27-29-16-11-9-12-17-29/h9-14,16-23,33-34H,2-8,15,24-28H2,1H3,(H2,39,45)(H,40,43)(H,41,44)(H,42,46)/t33-,34-/m0/s1. The molecule has 0 aliphatic rings. The first kappa shape index (κ1) is 36.8. The van der Waals surface area contributed by atoms with Crippen molar-refractivity contribution in [3.8, 4) is 5.75 Å². The van der Waals surface area contributed by atoms with Crippen molar-refractivity contribution in [2.45, 2.75) is 96.1 Å². The maximum Gasteiger partial charge on any atom is 0.243 e. The molecule has 3 rings (SSSR count). The Morgan fingerprint density at radius 2 is 1.17 bits per heavy atom. The second-order valence-electron chi connectivity index (χ2n) is 11.9. The van der Waals surface area contributed by atoms with E-state index in [4.69, 9.17) is 10.5 Å². The zero-order valence-corrected chi connectivity index (χ0v) is 27.5. The lowest BCUT2D eigenvalue weighted by Gasteiger charge is -2.22. The van der Waals surface area contributed by atoms with Gasteiger partial charge in [0.1, 0.15) is 17.8 Å². The van der Waals surface area contributed by atoms with E-state index in [0.717, 1.165) is 29.7 Å². The Balaban J connectivity index is 1.45. The summed E-state index contributed by atoms with van der Waals surface area (Å²) in [7, 11) is 0. The van der Waals surface area contributed by atoms with Crippen LogP contribution < -0.4 is 26.4 Å². The average molecular weight is 643 g/mol. The number of anilines is 1. The largest absolute Gasteiger partial charge is 0.494 e. The highest BCUT2D eigenvalue weighted by molar-refractivity contribution is 5.95. The van der Waals surface area contributed by atoms with Crippen molar-refractivity contribution in [1.82, 2.24) is 10.6 Å². The molecule has 0 radical (unpaired) electrons. The zero-order valence-electron chi connectivity index (χ0n) is 27.5. The lowest BCUT2D eigenvalue weighted by Crippen LogP contribution is -2.54. The van der Waals surface area contributed by atoms with E-state index in [1.165, 1.54) is 38.5 Å². The molecule has 0 unspecified atom stereocenters. The van der Waals surface area contributed by atoms with E-state index in [2.05, 4.69) is 22.9 Å². The van der Waals surface area contributed by atoms with E-state index in [1.807, 2.05) is 72.8 Å². The van der Waals surface area contributed by atoms with Crippen molar-refractivity contribution in [2.24, 2.45) is 5.73 Å². The van der Waals surface area contributed by atoms with Gasteiger partial charge in [-0.05, 0) is 41.8 Å². The van der Waals surface area contributed by atoms with Crippen LogP contribution in [0.5, 0.6) is 5.75 Å². The molecule has 0 saturated carbocycles. The van der Waals surface area contributed by atoms with Gasteiger partial charge >= 0.3 is 0 Å². The smallest absolute Gasteiger partial charge is 0.243 e. The third-order valence-corrected chi connectivity index (χ3v) is 7.86. The number of hydrogen-bond acceptors (Lipinski definition) is 5. The molecule has 0 bridgehead atoms. The van der Waals surface area contributed by atoms with Gasteiger partial charge in [-0.3, -0.25) is 19.2 Å². The van der Waals surface area contributed by atoms with E-state index < -0.39 is 29.8 Å². The molecule has 0 aliphatic carbocycles. The van der Waals surface area contributed by atoms with Crippen LogP contribution in [0.3, 0.4) is 0 Å². The number of carbonyl (C=O) groups excluding carboxylic acids is 4. The van der Waals surface area contributed by atoms with Crippen molar-refractivity contribution in [3.05, 3.63) is 96.1 Å². The summed E-state index contributed by atoms with van der Waals surface area (Å²) in [6.07, 6.45) is 10.2. The molecule has 3 aromatic rings. The number of primary amides is 1. The number of amides is 4. The Kier molecular flexibility index (Phi) is 16.6. The van der Waals surface area contributed by atoms with Crippen LogP contribution in [-0.4, -0.2) is 42.3 Å². The normalized spacial score (nSPS) is 12.0. The number of nitrogens with two attached hydrogens (primary N) is 1. The van der Waals surface area contributed by atoms with E-state index in [-0.39, 0.29) is 31.6 Å². The number of hydrogen-bond donors (Lipinski definition) is 4. The van der Waals surface area contributed by atoms with Gasteiger partial charge in [0.05, 0.1) is 6.61 Å². The third-order valence-electron chi connectivity index (χ3n) is 7.86. The minimum absolute atomic E-state index is 0.0693. The molecule has 0 fully saturated rings. The maximum absolute atomic E-state index is 13.3. The quantitative estimate of drug-likeness (QED) is 0.102. The van der Waals surface area contributed by atoms with Gasteiger partial charge in [0.15, 0.2) is 0 Å². The van der Waals surface area contributed by atoms with Gasteiger partial charge in [0, 0.05) is 31.4 Å². The summed E-state index contributed by atoms with van der Waals surface area (Å²) in [5, 5.41) is 8.25. The summed E-state index contributed by atoms with van der Waals surface area (Å²) < 4.78 is 5.83. The van der Waals surface area contributed by atoms with Crippen LogP contribution in [0.25, 0.3) is 0 Å². The van der Waals surface area contributed by atoms with Crippen molar-refractivity contribution < 1.29 is 23.9 Å². The first-order valence-corrected chi connectivity index (χ1v) is 16.8. The summed E-state index contributed by atoms with van der Waals surface area (Å²) in [5.74, 6) is -1.24. The van der Waals surface area contributed by atoms with Crippen molar-refractivity contribution in [3.63, 3.8) is 0 Å². The number of benzene rings is 3. The fourth-order valence-electron chi connectivity index (χ4n) is 5.18. The Morgan fingerprint density at radius 1 is 0.638 bits per heavy atom. The topological polar surface area (TPSA) is 140 Å². The van der Waals surface area contributed by atoms with Gasteiger partial charge in [-0.2, -0.15) is 0 Å². The second kappa shape index (κ2) is 21.2. The monoisotopic (exact) mass is 642 g/mol. The second-order valence-corrected chi connectivity index (χ2v) is 11.9. The molecule has 0 aromatic heterocycles. The van der Waals surface area contributed by atoms with E-state index >= 15 is 0 Å². The number of unbranched alkanes of at least 4 members (excludes halogenated alkanes) is 7. The number of nitrogens with one attached hydrogen (secondary N) is 3. The lowest BCUT2D eigenvalue weighted by molar-refractivity contribution is -0.131. The summed E-state index contributed by atoms with van der Waals surface area (Å²) >= 11 is 0. The molecule has 252 valence electrons. The van der Waals surface area contributed by atoms with Gasteiger partial charge < -0.3 is 26.4 Å². The van der Waals surface area contributed by atoms with Gasteiger partial charge in [-0.15, -0.1) is 0 Å². The fraction of sp³-hybridized carbons (Fsp3) is 0.421. The average Bonchev–Trinajstić information content (AvgIpc) is 3.07. The summed E-state index contributed by atoms with van der Waals surface area (Å²) in [6.45, 7) is 2.89. The van der Waals surface area contributed by atoms with Crippen molar-refractivity contribution in [1.29, 1.82) is 0 Å². The Labute approximate surface area is 279 Å². The molecule has 2 atom stereocenters. The number of ether oxygens (including phenoxy) is 1. The first-order chi connectivity index (χ1) is 22.8. The molecular formula is C38H50N4O5. The van der Waals surface area contributed by atoms with Crippen LogP contribution in [-0.2, 0) is 32.0 Å². The Bertz CT molecular complexity index is 1370. The molecule has 4 amide bonds. The molecule has 0 aliphatic heterocycles. The van der Waals surface area contributed by atoms with Crippen LogP contribution in [0.15, 0.2) is 84.9 Å². The predicted octanol–water partition coefficient (Wildman–Crippen LogP) is 5.87. The maximum atomic E-state index is 13.3. The highest BCUT2D eigenvalue weighted by Gasteiger charge is 2.26. The molecule has 0 spiro atoms. The highest BCUT2D eigenvalue weighted by Crippen LogP contribution is 2.17. The summed E-state index contributed by atoms with van der Waals surface area (Å²) in [4.78, 5) is 51.0. The van der Waals surface area contributed by atoms with Crippen molar-refractivity contribution >= 4 is 29.3 Å². The third kappa shape index (κ3) is 15.0. The molecule has 0 saturated heterocycles. The van der Waals surface area contributed by atoms with Crippen LogP contribution >= 0.6 is 0 Å². The summed E-state index contributed by atoms with van der Waals surface area (Å²) in [6, 6.07) is 23.7. The summed E-state index contributed by atoms with van der Waals surface area (Å²) in [5.41, 5.74) is 7.87. The van der Waals surface area contributed by atoms with E-state index in [0.29, 0.717) is 12.3 Å². The predicted molar refractivity (Wildman–Crippen MR) is 186 cm³/mol. The van der Waals surface area contributed by atoms with Crippen LogP contribution in [0.2, 0.25) is 0 Å². The Hall–Kier alpha value is -4.66. The first-order valence-electron chi connectivity index (χ1n) is 16.8. The SMILES string of the molecule is CCCCCCCCCCOc1ccc(NC(=O)CCC(=O)N[C@@H](Cc2ccccc2)C(=O)N[C@@H](Cc2ccccc2)C(N)=O)cc1. The molecule has 9 heteroatoms. The van der Waals surface area contributed by atoms with Gasteiger partial charge in [-0.25, -0.2) is 0 Å². The molecule has 5 N–H and O–H groups in total. The molecule has 9 nitrogen and oxygen atoms in total.